The number of para-hydroxylation sites is 1. The van der Waals surface area contributed by atoms with E-state index in [1.807, 2.05) is 44.2 Å². The van der Waals surface area contributed by atoms with Gasteiger partial charge in [0.15, 0.2) is 6.29 Å². The summed E-state index contributed by atoms with van der Waals surface area (Å²) in [6.45, 7) is 5.49. The zero-order valence-electron chi connectivity index (χ0n) is 11.5. The number of nitrogens with one attached hydrogen (secondary N) is 2. The summed E-state index contributed by atoms with van der Waals surface area (Å²) in [6, 6.07) is 9.59. The summed E-state index contributed by atoms with van der Waals surface area (Å²) in [5.41, 5.74) is 0.920. The largest absolute Gasteiger partial charge is 0.376 e. The van der Waals surface area contributed by atoms with Gasteiger partial charge in [0.25, 0.3) is 0 Å². The first-order valence-electron chi connectivity index (χ1n) is 6.55. The fourth-order valence-corrected chi connectivity index (χ4v) is 1.54. The molecule has 19 heavy (non-hydrogen) atoms. The Hall–Kier alpha value is -1.59. The Kier molecular flexibility index (Phi) is 7.62. The summed E-state index contributed by atoms with van der Waals surface area (Å²) in [7, 11) is 0. The van der Waals surface area contributed by atoms with Crippen molar-refractivity contribution >= 4 is 11.6 Å². The van der Waals surface area contributed by atoms with Gasteiger partial charge in [0.05, 0.1) is 13.1 Å². The number of amides is 1. The highest BCUT2D eigenvalue weighted by Gasteiger charge is 2.09. The lowest BCUT2D eigenvalue weighted by atomic mass is 10.3. The predicted molar refractivity (Wildman–Crippen MR) is 75.0 cm³/mol. The minimum Gasteiger partial charge on any atom is -0.376 e. The van der Waals surface area contributed by atoms with Crippen molar-refractivity contribution in [3.8, 4) is 0 Å². The van der Waals surface area contributed by atoms with Crippen molar-refractivity contribution in [1.29, 1.82) is 0 Å². The fraction of sp³-hybridized carbons (Fsp3) is 0.500. The third kappa shape index (κ3) is 6.79. The SMILES string of the molecule is CCOC(CNC(=O)CNc1ccccc1)OCC. The molecule has 0 unspecified atom stereocenters. The molecule has 0 aliphatic rings. The summed E-state index contributed by atoms with van der Waals surface area (Å²) < 4.78 is 10.7. The molecule has 2 N–H and O–H groups in total. The maximum atomic E-state index is 11.6. The molecule has 5 heteroatoms. The second kappa shape index (κ2) is 9.35. The van der Waals surface area contributed by atoms with Gasteiger partial charge in [-0.05, 0) is 26.0 Å². The minimum atomic E-state index is -0.379. The number of hydrogen-bond donors (Lipinski definition) is 2. The van der Waals surface area contributed by atoms with Gasteiger partial charge in [0.2, 0.25) is 5.91 Å². The highest BCUT2D eigenvalue weighted by Crippen LogP contribution is 2.03. The van der Waals surface area contributed by atoms with E-state index in [-0.39, 0.29) is 18.7 Å². The van der Waals surface area contributed by atoms with E-state index in [0.29, 0.717) is 19.8 Å². The number of rotatable bonds is 9. The minimum absolute atomic E-state index is 0.0896. The van der Waals surface area contributed by atoms with Crippen molar-refractivity contribution in [3.63, 3.8) is 0 Å². The van der Waals surface area contributed by atoms with Crippen LogP contribution in [-0.2, 0) is 14.3 Å². The monoisotopic (exact) mass is 266 g/mol. The third-order valence-electron chi connectivity index (χ3n) is 2.40. The molecule has 1 aromatic carbocycles. The molecule has 0 radical (unpaired) electrons. The van der Waals surface area contributed by atoms with Crippen LogP contribution in [-0.4, -0.2) is 38.5 Å². The molecule has 1 aromatic rings. The van der Waals surface area contributed by atoms with Crippen molar-refractivity contribution in [1.82, 2.24) is 5.32 Å². The first-order chi connectivity index (χ1) is 9.26. The van der Waals surface area contributed by atoms with Crippen molar-refractivity contribution in [2.75, 3.05) is 31.6 Å². The van der Waals surface area contributed by atoms with Crippen LogP contribution in [0.25, 0.3) is 0 Å². The molecule has 0 atom stereocenters. The molecule has 5 nitrogen and oxygen atoms in total. The molecule has 0 saturated heterocycles. The first kappa shape index (κ1) is 15.5. The van der Waals surface area contributed by atoms with Crippen LogP contribution in [0.1, 0.15) is 13.8 Å². The number of carbonyl (C=O) groups excluding carboxylic acids is 1. The summed E-state index contributed by atoms with van der Waals surface area (Å²) in [5.74, 6) is -0.0896. The zero-order chi connectivity index (χ0) is 13.9. The topological polar surface area (TPSA) is 59.6 Å². The molecule has 0 aliphatic carbocycles. The van der Waals surface area contributed by atoms with Gasteiger partial charge in [-0.2, -0.15) is 0 Å². The molecule has 0 fully saturated rings. The first-order valence-corrected chi connectivity index (χ1v) is 6.55. The Morgan fingerprint density at radius 1 is 1.16 bits per heavy atom. The Balaban J connectivity index is 2.23. The summed E-state index contributed by atoms with van der Waals surface area (Å²) in [5, 5.41) is 5.81. The van der Waals surface area contributed by atoms with Crippen LogP contribution in [0.3, 0.4) is 0 Å². The molecule has 1 rings (SSSR count). The second-order valence-electron chi connectivity index (χ2n) is 3.86. The maximum absolute atomic E-state index is 11.6. The van der Waals surface area contributed by atoms with Gasteiger partial charge in [-0.3, -0.25) is 4.79 Å². The van der Waals surface area contributed by atoms with Crippen LogP contribution in [0.15, 0.2) is 30.3 Å². The molecule has 106 valence electrons. The van der Waals surface area contributed by atoms with Crippen molar-refractivity contribution in [2.24, 2.45) is 0 Å². The molecule has 1 amide bonds. The molecular weight excluding hydrogens is 244 g/mol. The van der Waals surface area contributed by atoms with Crippen LogP contribution < -0.4 is 10.6 Å². The van der Waals surface area contributed by atoms with Crippen LogP contribution in [0, 0.1) is 0 Å². The van der Waals surface area contributed by atoms with Gasteiger partial charge >= 0.3 is 0 Å². The molecular formula is C14H22N2O3. The maximum Gasteiger partial charge on any atom is 0.239 e. The van der Waals surface area contributed by atoms with Crippen molar-refractivity contribution in [3.05, 3.63) is 30.3 Å². The lowest BCUT2D eigenvalue weighted by molar-refractivity contribution is -0.139. The Morgan fingerprint density at radius 3 is 2.37 bits per heavy atom. The number of carbonyl (C=O) groups is 1. The molecule has 0 saturated carbocycles. The van der Waals surface area contributed by atoms with Crippen LogP contribution in [0.2, 0.25) is 0 Å². The average Bonchev–Trinajstić information content (AvgIpc) is 2.44. The van der Waals surface area contributed by atoms with Gasteiger partial charge in [-0.25, -0.2) is 0 Å². The number of hydrogen-bond acceptors (Lipinski definition) is 4. The predicted octanol–water partition coefficient (Wildman–Crippen LogP) is 1.61. The Bertz CT molecular complexity index is 351. The summed E-state index contributed by atoms with van der Waals surface area (Å²) in [6.07, 6.45) is -0.379. The van der Waals surface area contributed by atoms with Crippen LogP contribution in [0.5, 0.6) is 0 Å². The van der Waals surface area contributed by atoms with Gasteiger partial charge in [-0.1, -0.05) is 18.2 Å². The van der Waals surface area contributed by atoms with Crippen molar-refractivity contribution < 1.29 is 14.3 Å². The molecule has 0 spiro atoms. The highest BCUT2D eigenvalue weighted by atomic mass is 16.7. The molecule has 0 bridgehead atoms. The van der Waals surface area contributed by atoms with E-state index in [1.54, 1.807) is 0 Å². The van der Waals surface area contributed by atoms with E-state index in [4.69, 9.17) is 9.47 Å². The molecule has 0 heterocycles. The Labute approximate surface area is 114 Å². The van der Waals surface area contributed by atoms with E-state index in [0.717, 1.165) is 5.69 Å². The average molecular weight is 266 g/mol. The quantitative estimate of drug-likeness (QED) is 0.667. The normalized spacial score (nSPS) is 10.5. The van der Waals surface area contributed by atoms with Gasteiger partial charge < -0.3 is 20.1 Å². The third-order valence-corrected chi connectivity index (χ3v) is 2.40. The Morgan fingerprint density at radius 2 is 1.79 bits per heavy atom. The number of anilines is 1. The summed E-state index contributed by atoms with van der Waals surface area (Å²) in [4.78, 5) is 11.6. The molecule has 0 aliphatic heterocycles. The lowest BCUT2D eigenvalue weighted by Crippen LogP contribution is -2.38. The van der Waals surface area contributed by atoms with E-state index in [1.165, 1.54) is 0 Å². The van der Waals surface area contributed by atoms with Crippen LogP contribution >= 0.6 is 0 Å². The smallest absolute Gasteiger partial charge is 0.239 e. The second-order valence-corrected chi connectivity index (χ2v) is 3.86. The van der Waals surface area contributed by atoms with E-state index in [2.05, 4.69) is 10.6 Å². The van der Waals surface area contributed by atoms with Gasteiger partial charge in [0.1, 0.15) is 0 Å². The highest BCUT2D eigenvalue weighted by molar-refractivity contribution is 5.80. The van der Waals surface area contributed by atoms with Gasteiger partial charge in [0, 0.05) is 18.9 Å². The van der Waals surface area contributed by atoms with Gasteiger partial charge in [-0.15, -0.1) is 0 Å². The fourth-order valence-electron chi connectivity index (χ4n) is 1.54. The van der Waals surface area contributed by atoms with E-state index in [9.17, 15) is 4.79 Å². The standard InChI is InChI=1S/C14H22N2O3/c1-3-18-14(19-4-2)11-16-13(17)10-15-12-8-6-5-7-9-12/h5-9,14-15H,3-4,10-11H2,1-2H3,(H,16,17). The number of ether oxygens (including phenoxy) is 2. The summed E-state index contributed by atoms with van der Waals surface area (Å²) >= 11 is 0. The number of benzene rings is 1. The van der Waals surface area contributed by atoms with Crippen molar-refractivity contribution in [2.45, 2.75) is 20.1 Å². The van der Waals surface area contributed by atoms with E-state index >= 15 is 0 Å². The lowest BCUT2D eigenvalue weighted by Gasteiger charge is -2.17. The van der Waals surface area contributed by atoms with E-state index < -0.39 is 0 Å². The molecule has 0 aromatic heterocycles. The zero-order valence-corrected chi connectivity index (χ0v) is 11.5. The van der Waals surface area contributed by atoms with Crippen LogP contribution in [0.4, 0.5) is 5.69 Å².